The number of benzene rings is 1. The highest BCUT2D eigenvalue weighted by Crippen LogP contribution is 2.33. The Bertz CT molecular complexity index is 742. The molecule has 1 aromatic rings. The van der Waals surface area contributed by atoms with E-state index in [9.17, 15) is 14.4 Å². The van der Waals surface area contributed by atoms with Crippen molar-refractivity contribution in [1.29, 1.82) is 0 Å². The lowest BCUT2D eigenvalue weighted by Crippen LogP contribution is -2.42. The Kier molecular flexibility index (Phi) is 7.12. The summed E-state index contributed by atoms with van der Waals surface area (Å²) in [5, 5.41) is 3.00. The van der Waals surface area contributed by atoms with Gasteiger partial charge in [0.1, 0.15) is 5.75 Å². The lowest BCUT2D eigenvalue weighted by molar-refractivity contribution is -0.158. The summed E-state index contributed by atoms with van der Waals surface area (Å²) in [6, 6.07) is 7.35. The van der Waals surface area contributed by atoms with Crippen LogP contribution in [0.3, 0.4) is 0 Å². The van der Waals surface area contributed by atoms with Gasteiger partial charge in [0.2, 0.25) is 5.91 Å². The Balaban J connectivity index is 1.55. The SMILES string of the molecule is COc1ccccc1N1C[C@H](C(=O)O[C@@H](C)C(=O)NC2CCCCCC2)CC1=O. The molecule has 1 saturated carbocycles. The molecular weight excluding hydrogens is 372 g/mol. The molecule has 0 aromatic heterocycles. The minimum atomic E-state index is -0.874. The zero-order valence-electron chi connectivity index (χ0n) is 17.2. The molecule has 1 N–H and O–H groups in total. The van der Waals surface area contributed by atoms with Gasteiger partial charge in [-0.1, -0.05) is 37.8 Å². The van der Waals surface area contributed by atoms with Crippen LogP contribution in [0.2, 0.25) is 0 Å². The third-order valence-corrected chi connectivity index (χ3v) is 5.70. The van der Waals surface area contributed by atoms with Gasteiger partial charge in [0.05, 0.1) is 18.7 Å². The standard InChI is InChI=1S/C22H30N2O5/c1-15(21(26)23-17-9-5-3-4-6-10-17)29-22(27)16-13-20(25)24(14-16)18-11-7-8-12-19(18)28-2/h7-8,11-12,15-17H,3-6,9-10,13-14H2,1-2H3,(H,23,26)/t15-,16+/m0/s1. The van der Waals surface area contributed by atoms with Crippen molar-refractivity contribution in [3.8, 4) is 5.75 Å². The van der Waals surface area contributed by atoms with Crippen LogP contribution in [0.25, 0.3) is 0 Å². The Morgan fingerprint density at radius 3 is 2.52 bits per heavy atom. The van der Waals surface area contributed by atoms with E-state index in [2.05, 4.69) is 5.32 Å². The maximum absolute atomic E-state index is 12.6. The molecule has 1 aliphatic carbocycles. The number of nitrogens with one attached hydrogen (secondary N) is 1. The number of rotatable bonds is 6. The van der Waals surface area contributed by atoms with E-state index in [1.165, 1.54) is 12.8 Å². The summed E-state index contributed by atoms with van der Waals surface area (Å²) in [4.78, 5) is 39.0. The normalized spacial score (nSPS) is 21.4. The fourth-order valence-corrected chi connectivity index (χ4v) is 4.02. The molecule has 158 valence electrons. The summed E-state index contributed by atoms with van der Waals surface area (Å²) in [5.74, 6) is -0.964. The predicted octanol–water partition coefficient (Wildman–Crippen LogP) is 2.82. The van der Waals surface area contributed by atoms with Crippen LogP contribution in [0.4, 0.5) is 5.69 Å². The summed E-state index contributed by atoms with van der Waals surface area (Å²) in [5.41, 5.74) is 0.634. The first-order valence-electron chi connectivity index (χ1n) is 10.4. The van der Waals surface area contributed by atoms with Gasteiger partial charge >= 0.3 is 5.97 Å². The molecule has 2 fully saturated rings. The number of carbonyl (C=O) groups excluding carboxylic acids is 3. The quantitative estimate of drug-likeness (QED) is 0.584. The second-order valence-corrected chi connectivity index (χ2v) is 7.85. The highest BCUT2D eigenvalue weighted by atomic mass is 16.5. The van der Waals surface area contributed by atoms with Gasteiger partial charge in [-0.05, 0) is 31.9 Å². The molecule has 7 heteroatoms. The molecule has 2 atom stereocenters. The maximum atomic E-state index is 12.6. The van der Waals surface area contributed by atoms with E-state index in [1.54, 1.807) is 31.1 Å². The highest BCUT2D eigenvalue weighted by molar-refractivity contribution is 6.00. The first kappa shape index (κ1) is 21.1. The average molecular weight is 402 g/mol. The van der Waals surface area contributed by atoms with Crippen LogP contribution in [-0.4, -0.2) is 43.6 Å². The van der Waals surface area contributed by atoms with E-state index in [1.807, 2.05) is 12.1 Å². The predicted molar refractivity (Wildman–Crippen MR) is 109 cm³/mol. The molecule has 1 aromatic carbocycles. The van der Waals surface area contributed by atoms with Gasteiger partial charge in [0.25, 0.3) is 5.91 Å². The number of anilines is 1. The molecule has 2 amide bonds. The smallest absolute Gasteiger partial charge is 0.312 e. The molecule has 3 rings (SSSR count). The number of amides is 2. The van der Waals surface area contributed by atoms with Gasteiger partial charge in [-0.15, -0.1) is 0 Å². The minimum Gasteiger partial charge on any atom is -0.495 e. The van der Waals surface area contributed by atoms with E-state index in [-0.39, 0.29) is 30.8 Å². The Hall–Kier alpha value is -2.57. The van der Waals surface area contributed by atoms with Crippen LogP contribution in [0.1, 0.15) is 51.9 Å². The molecule has 7 nitrogen and oxygen atoms in total. The number of methoxy groups -OCH3 is 1. The summed E-state index contributed by atoms with van der Waals surface area (Å²) in [6.07, 6.45) is 5.76. The maximum Gasteiger partial charge on any atom is 0.312 e. The lowest BCUT2D eigenvalue weighted by atomic mass is 10.1. The molecule has 0 spiro atoms. The van der Waals surface area contributed by atoms with Crippen LogP contribution in [0.5, 0.6) is 5.75 Å². The molecule has 1 saturated heterocycles. The summed E-state index contributed by atoms with van der Waals surface area (Å²) >= 11 is 0. The van der Waals surface area contributed by atoms with Gasteiger partial charge in [0, 0.05) is 19.0 Å². The van der Waals surface area contributed by atoms with Crippen molar-refractivity contribution in [3.63, 3.8) is 0 Å². The van der Waals surface area contributed by atoms with Gasteiger partial charge in [-0.3, -0.25) is 14.4 Å². The second-order valence-electron chi connectivity index (χ2n) is 7.85. The van der Waals surface area contributed by atoms with Gasteiger partial charge in [-0.25, -0.2) is 0 Å². The fourth-order valence-electron chi connectivity index (χ4n) is 4.02. The van der Waals surface area contributed by atoms with Crippen molar-refractivity contribution < 1.29 is 23.9 Å². The van der Waals surface area contributed by atoms with Crippen LogP contribution >= 0.6 is 0 Å². The van der Waals surface area contributed by atoms with E-state index < -0.39 is 18.0 Å². The van der Waals surface area contributed by atoms with Crippen LogP contribution in [0.15, 0.2) is 24.3 Å². The molecule has 0 bridgehead atoms. The van der Waals surface area contributed by atoms with Crippen molar-refractivity contribution in [2.75, 3.05) is 18.6 Å². The van der Waals surface area contributed by atoms with E-state index in [4.69, 9.17) is 9.47 Å². The summed E-state index contributed by atoms with van der Waals surface area (Å²) < 4.78 is 10.7. The van der Waals surface area contributed by atoms with Crippen molar-refractivity contribution in [2.24, 2.45) is 5.92 Å². The van der Waals surface area contributed by atoms with Gasteiger partial charge in [-0.2, -0.15) is 0 Å². The third-order valence-electron chi connectivity index (χ3n) is 5.70. The third kappa shape index (κ3) is 5.28. The van der Waals surface area contributed by atoms with E-state index in [0.29, 0.717) is 11.4 Å². The van der Waals surface area contributed by atoms with Crippen LogP contribution in [-0.2, 0) is 19.1 Å². The Morgan fingerprint density at radius 1 is 1.14 bits per heavy atom. The van der Waals surface area contributed by atoms with Crippen molar-refractivity contribution in [1.82, 2.24) is 5.32 Å². The van der Waals surface area contributed by atoms with Crippen molar-refractivity contribution in [2.45, 2.75) is 64.0 Å². The zero-order valence-corrected chi connectivity index (χ0v) is 17.2. The number of hydrogen-bond donors (Lipinski definition) is 1. The van der Waals surface area contributed by atoms with Gasteiger partial charge in [0.15, 0.2) is 6.10 Å². The molecule has 1 heterocycles. The Morgan fingerprint density at radius 2 is 1.83 bits per heavy atom. The van der Waals surface area contributed by atoms with Crippen LogP contribution < -0.4 is 15.0 Å². The highest BCUT2D eigenvalue weighted by Gasteiger charge is 2.38. The zero-order chi connectivity index (χ0) is 20.8. The first-order chi connectivity index (χ1) is 14.0. The number of hydrogen-bond acceptors (Lipinski definition) is 5. The van der Waals surface area contributed by atoms with E-state index >= 15 is 0 Å². The molecule has 0 unspecified atom stereocenters. The topological polar surface area (TPSA) is 84.9 Å². The summed E-state index contributed by atoms with van der Waals surface area (Å²) in [7, 11) is 1.54. The minimum absolute atomic E-state index is 0.0633. The van der Waals surface area contributed by atoms with Crippen molar-refractivity contribution in [3.05, 3.63) is 24.3 Å². The Labute approximate surface area is 171 Å². The second kappa shape index (κ2) is 9.76. The number of carbonyl (C=O) groups is 3. The summed E-state index contributed by atoms with van der Waals surface area (Å²) in [6.45, 7) is 1.80. The van der Waals surface area contributed by atoms with E-state index in [0.717, 1.165) is 25.7 Å². The van der Waals surface area contributed by atoms with Crippen molar-refractivity contribution >= 4 is 23.5 Å². The largest absolute Gasteiger partial charge is 0.495 e. The molecule has 29 heavy (non-hydrogen) atoms. The first-order valence-corrected chi connectivity index (χ1v) is 10.4. The number of nitrogens with zero attached hydrogens (tertiary/aromatic N) is 1. The number of para-hydroxylation sites is 2. The number of ether oxygens (including phenoxy) is 2. The lowest BCUT2D eigenvalue weighted by Gasteiger charge is -2.21. The molecule has 1 aliphatic heterocycles. The molecule has 2 aliphatic rings. The average Bonchev–Trinajstić information content (AvgIpc) is 2.93. The number of esters is 1. The fraction of sp³-hybridized carbons (Fsp3) is 0.591. The van der Waals surface area contributed by atoms with Gasteiger partial charge < -0.3 is 19.7 Å². The molecule has 0 radical (unpaired) electrons. The molecular formula is C22H30N2O5. The van der Waals surface area contributed by atoms with Crippen LogP contribution in [0, 0.1) is 5.92 Å². The monoisotopic (exact) mass is 402 g/mol.